The van der Waals surface area contributed by atoms with Crippen LogP contribution in [0.15, 0.2) is 48.5 Å². The fourth-order valence-corrected chi connectivity index (χ4v) is 3.45. The molecule has 0 aliphatic carbocycles. The van der Waals surface area contributed by atoms with E-state index < -0.39 is 0 Å². The summed E-state index contributed by atoms with van der Waals surface area (Å²) in [6.07, 6.45) is 0. The number of nitrogens with zero attached hydrogens (tertiary/aromatic N) is 2. The summed E-state index contributed by atoms with van der Waals surface area (Å²) in [5.41, 5.74) is 2.02. The second-order valence-electron chi connectivity index (χ2n) is 6.15. The van der Waals surface area contributed by atoms with Gasteiger partial charge in [0, 0.05) is 31.2 Å². The summed E-state index contributed by atoms with van der Waals surface area (Å²) in [4.78, 5) is 16.6. The normalized spacial score (nSPS) is 15.8. The Morgan fingerprint density at radius 2 is 1.76 bits per heavy atom. The van der Waals surface area contributed by atoms with Gasteiger partial charge in [0.15, 0.2) is 0 Å². The van der Waals surface area contributed by atoms with E-state index in [1.54, 1.807) is 0 Å². The number of benzene rings is 2. The fraction of sp³-hybridized carbons (Fsp3) is 0.316. The Morgan fingerprint density at radius 1 is 1.04 bits per heavy atom. The van der Waals surface area contributed by atoms with E-state index in [9.17, 15) is 4.79 Å². The molecule has 2 aromatic carbocycles. The Kier molecular flexibility index (Phi) is 5.71. The van der Waals surface area contributed by atoms with Gasteiger partial charge < -0.3 is 15.1 Å². The van der Waals surface area contributed by atoms with E-state index in [0.717, 1.165) is 29.4 Å². The van der Waals surface area contributed by atoms with Gasteiger partial charge in [-0.3, -0.25) is 0 Å². The molecule has 1 heterocycles. The predicted octanol–water partition coefficient (Wildman–Crippen LogP) is 4.59. The number of nitrogens with one attached hydrogen (secondary N) is 1. The molecule has 1 unspecified atom stereocenters. The van der Waals surface area contributed by atoms with Crippen molar-refractivity contribution in [2.24, 2.45) is 0 Å². The maximum absolute atomic E-state index is 12.5. The van der Waals surface area contributed by atoms with Crippen LogP contribution in [-0.4, -0.2) is 37.1 Å². The molecule has 0 saturated carbocycles. The number of urea groups is 1. The molecule has 1 aliphatic rings. The zero-order valence-corrected chi connectivity index (χ0v) is 15.6. The summed E-state index contributed by atoms with van der Waals surface area (Å²) in [5, 5.41) is 4.46. The number of piperazine rings is 1. The molecule has 132 valence electrons. The smallest absolute Gasteiger partial charge is 0.317 e. The Morgan fingerprint density at radius 3 is 2.44 bits per heavy atom. The monoisotopic (exact) mass is 377 g/mol. The predicted molar refractivity (Wildman–Crippen MR) is 104 cm³/mol. The zero-order valence-electron chi connectivity index (χ0n) is 14.1. The molecule has 1 aliphatic heterocycles. The van der Waals surface area contributed by atoms with Gasteiger partial charge in [-0.05, 0) is 36.8 Å². The number of rotatable bonds is 3. The molecule has 25 heavy (non-hydrogen) atoms. The summed E-state index contributed by atoms with van der Waals surface area (Å²) < 4.78 is 0. The number of hydrogen-bond acceptors (Lipinski definition) is 2. The van der Waals surface area contributed by atoms with E-state index in [4.69, 9.17) is 23.2 Å². The van der Waals surface area contributed by atoms with Crippen molar-refractivity contribution >= 4 is 34.9 Å². The third-order valence-electron chi connectivity index (χ3n) is 4.45. The van der Waals surface area contributed by atoms with Crippen LogP contribution in [0.5, 0.6) is 0 Å². The van der Waals surface area contributed by atoms with E-state index in [2.05, 4.69) is 10.2 Å². The molecular formula is C19H21Cl2N3O. The Labute approximate surface area is 158 Å². The Balaban J connectivity index is 1.56. The molecule has 1 fully saturated rings. The lowest BCUT2D eigenvalue weighted by Crippen LogP contribution is -2.52. The van der Waals surface area contributed by atoms with Gasteiger partial charge in [-0.1, -0.05) is 47.5 Å². The Hall–Kier alpha value is -1.91. The van der Waals surface area contributed by atoms with Crippen LogP contribution in [0.4, 0.5) is 10.5 Å². The first-order valence-corrected chi connectivity index (χ1v) is 9.10. The first-order valence-electron chi connectivity index (χ1n) is 8.35. The molecule has 2 amide bonds. The molecule has 0 radical (unpaired) electrons. The number of amides is 2. The van der Waals surface area contributed by atoms with Crippen LogP contribution in [0.1, 0.15) is 18.5 Å². The second kappa shape index (κ2) is 7.98. The van der Waals surface area contributed by atoms with Crippen molar-refractivity contribution in [1.82, 2.24) is 10.2 Å². The molecule has 1 atom stereocenters. The van der Waals surface area contributed by atoms with Gasteiger partial charge in [0.25, 0.3) is 0 Å². The molecular weight excluding hydrogens is 357 g/mol. The SMILES string of the molecule is CC(NC(=O)N1CCN(c2ccccc2Cl)CC1)c1cccc(Cl)c1. The van der Waals surface area contributed by atoms with Crippen LogP contribution < -0.4 is 10.2 Å². The van der Waals surface area contributed by atoms with Gasteiger partial charge >= 0.3 is 6.03 Å². The second-order valence-corrected chi connectivity index (χ2v) is 7.00. The van der Waals surface area contributed by atoms with Crippen molar-refractivity contribution in [3.05, 3.63) is 64.1 Å². The number of halogens is 2. The van der Waals surface area contributed by atoms with E-state index >= 15 is 0 Å². The van der Waals surface area contributed by atoms with Crippen molar-refractivity contribution in [3.63, 3.8) is 0 Å². The number of carbonyl (C=O) groups is 1. The fourth-order valence-electron chi connectivity index (χ4n) is 2.99. The highest BCUT2D eigenvalue weighted by molar-refractivity contribution is 6.33. The van der Waals surface area contributed by atoms with Crippen LogP contribution in [0.25, 0.3) is 0 Å². The number of carbonyl (C=O) groups excluding carboxylic acids is 1. The highest BCUT2D eigenvalue weighted by Crippen LogP contribution is 2.26. The zero-order chi connectivity index (χ0) is 17.8. The van der Waals surface area contributed by atoms with Crippen molar-refractivity contribution < 1.29 is 4.79 Å². The van der Waals surface area contributed by atoms with Gasteiger partial charge in [0.05, 0.1) is 16.8 Å². The van der Waals surface area contributed by atoms with Crippen LogP contribution in [0, 0.1) is 0 Å². The minimum Gasteiger partial charge on any atom is -0.367 e. The van der Waals surface area contributed by atoms with E-state index in [1.165, 1.54) is 0 Å². The molecule has 6 heteroatoms. The first kappa shape index (κ1) is 17.9. The molecule has 0 bridgehead atoms. The third-order valence-corrected chi connectivity index (χ3v) is 5.00. The lowest BCUT2D eigenvalue weighted by molar-refractivity contribution is 0.191. The first-order chi connectivity index (χ1) is 12.0. The van der Waals surface area contributed by atoms with Crippen LogP contribution in [-0.2, 0) is 0 Å². The molecule has 3 rings (SSSR count). The minimum absolute atomic E-state index is 0.0497. The van der Waals surface area contributed by atoms with Crippen molar-refractivity contribution in [2.45, 2.75) is 13.0 Å². The van der Waals surface area contributed by atoms with Crippen LogP contribution >= 0.6 is 23.2 Å². The van der Waals surface area contributed by atoms with E-state index in [0.29, 0.717) is 18.1 Å². The highest BCUT2D eigenvalue weighted by Gasteiger charge is 2.23. The highest BCUT2D eigenvalue weighted by atomic mass is 35.5. The third kappa shape index (κ3) is 4.39. The van der Waals surface area contributed by atoms with Gasteiger partial charge in [-0.25, -0.2) is 4.79 Å². The van der Waals surface area contributed by atoms with Gasteiger partial charge in [0.2, 0.25) is 0 Å². The summed E-state index contributed by atoms with van der Waals surface area (Å²) >= 11 is 12.3. The van der Waals surface area contributed by atoms with Crippen molar-refractivity contribution in [2.75, 3.05) is 31.1 Å². The molecule has 0 spiro atoms. The number of para-hydroxylation sites is 1. The summed E-state index contributed by atoms with van der Waals surface area (Å²) in [5.74, 6) is 0. The Bertz CT molecular complexity index is 745. The quantitative estimate of drug-likeness (QED) is 0.848. The van der Waals surface area contributed by atoms with Crippen LogP contribution in [0.2, 0.25) is 10.0 Å². The minimum atomic E-state index is -0.0900. The van der Waals surface area contributed by atoms with Crippen molar-refractivity contribution in [3.8, 4) is 0 Å². The van der Waals surface area contributed by atoms with Gasteiger partial charge in [-0.15, -0.1) is 0 Å². The lowest BCUT2D eigenvalue weighted by Gasteiger charge is -2.37. The average Bonchev–Trinajstić information content (AvgIpc) is 2.62. The standard InChI is InChI=1S/C19H21Cl2N3O/c1-14(15-5-4-6-16(20)13-15)22-19(25)24-11-9-23(10-12-24)18-8-3-2-7-17(18)21/h2-8,13-14H,9-12H2,1H3,(H,22,25). The molecule has 0 aromatic heterocycles. The van der Waals surface area contributed by atoms with Gasteiger partial charge in [-0.2, -0.15) is 0 Å². The van der Waals surface area contributed by atoms with Gasteiger partial charge in [0.1, 0.15) is 0 Å². The summed E-state index contributed by atoms with van der Waals surface area (Å²) in [6.45, 7) is 4.83. The van der Waals surface area contributed by atoms with E-state index in [1.807, 2.05) is 60.4 Å². The average molecular weight is 378 g/mol. The maximum Gasteiger partial charge on any atom is 0.317 e. The molecule has 2 aromatic rings. The summed E-state index contributed by atoms with van der Waals surface area (Å²) in [7, 11) is 0. The van der Waals surface area contributed by atoms with E-state index in [-0.39, 0.29) is 12.1 Å². The molecule has 1 N–H and O–H groups in total. The molecule has 1 saturated heterocycles. The lowest BCUT2D eigenvalue weighted by atomic mass is 10.1. The topological polar surface area (TPSA) is 35.6 Å². The number of anilines is 1. The largest absolute Gasteiger partial charge is 0.367 e. The molecule has 4 nitrogen and oxygen atoms in total. The van der Waals surface area contributed by atoms with Crippen LogP contribution in [0.3, 0.4) is 0 Å². The summed E-state index contributed by atoms with van der Waals surface area (Å²) in [6, 6.07) is 15.2. The number of hydrogen-bond donors (Lipinski definition) is 1. The maximum atomic E-state index is 12.5. The van der Waals surface area contributed by atoms with Crippen molar-refractivity contribution in [1.29, 1.82) is 0 Å².